The summed E-state index contributed by atoms with van der Waals surface area (Å²) in [5.74, 6) is 0. The Morgan fingerprint density at radius 3 is 3.00 bits per heavy atom. The molecule has 0 saturated carbocycles. The zero-order chi connectivity index (χ0) is 13.2. The van der Waals surface area contributed by atoms with E-state index in [1.165, 1.54) is 11.3 Å². The number of hydrogen-bond acceptors (Lipinski definition) is 3. The third-order valence-corrected chi connectivity index (χ3v) is 3.65. The summed E-state index contributed by atoms with van der Waals surface area (Å²) in [7, 11) is 0. The van der Waals surface area contributed by atoms with E-state index < -0.39 is 0 Å². The first-order valence-corrected chi connectivity index (χ1v) is 6.85. The first-order chi connectivity index (χ1) is 9.22. The van der Waals surface area contributed by atoms with Crippen LogP contribution in [0, 0.1) is 0 Å². The van der Waals surface area contributed by atoms with Gasteiger partial charge in [0.1, 0.15) is 5.15 Å². The highest BCUT2D eigenvalue weighted by atomic mass is 35.5. The number of hydrogen-bond donors (Lipinski definition) is 1. The highest BCUT2D eigenvalue weighted by Gasteiger charge is 2.17. The lowest BCUT2D eigenvalue weighted by Gasteiger charge is -2.31. The standard InChI is InChI=1S/C15H16ClN3/c16-15-5-1-4-13(18-15)10-19-8-2-3-11-9-12(17)6-7-14(11)19/h1,4-7,9H,2-3,8,10,17H2. The molecule has 2 heterocycles. The molecule has 1 aromatic heterocycles. The van der Waals surface area contributed by atoms with Crippen LogP contribution < -0.4 is 10.6 Å². The monoisotopic (exact) mass is 273 g/mol. The normalized spacial score (nSPS) is 14.3. The van der Waals surface area contributed by atoms with Gasteiger partial charge in [-0.05, 0) is 48.7 Å². The average molecular weight is 274 g/mol. The van der Waals surface area contributed by atoms with Gasteiger partial charge in [-0.1, -0.05) is 17.7 Å². The molecule has 0 saturated heterocycles. The quantitative estimate of drug-likeness (QED) is 0.674. The SMILES string of the molecule is Nc1ccc2c(c1)CCCN2Cc1cccc(Cl)n1. The molecule has 19 heavy (non-hydrogen) atoms. The minimum Gasteiger partial charge on any atom is -0.399 e. The largest absolute Gasteiger partial charge is 0.399 e. The topological polar surface area (TPSA) is 42.1 Å². The fraction of sp³-hybridized carbons (Fsp3) is 0.267. The molecule has 98 valence electrons. The van der Waals surface area contributed by atoms with Crippen molar-refractivity contribution < 1.29 is 0 Å². The third-order valence-electron chi connectivity index (χ3n) is 3.44. The lowest BCUT2D eigenvalue weighted by Crippen LogP contribution is -2.29. The molecule has 0 radical (unpaired) electrons. The van der Waals surface area contributed by atoms with Crippen molar-refractivity contribution >= 4 is 23.0 Å². The van der Waals surface area contributed by atoms with Crippen molar-refractivity contribution in [1.29, 1.82) is 0 Å². The Morgan fingerprint density at radius 1 is 1.26 bits per heavy atom. The van der Waals surface area contributed by atoms with Gasteiger partial charge in [-0.25, -0.2) is 4.98 Å². The summed E-state index contributed by atoms with van der Waals surface area (Å²) in [6.07, 6.45) is 2.25. The van der Waals surface area contributed by atoms with E-state index in [0.29, 0.717) is 5.15 Å². The van der Waals surface area contributed by atoms with Gasteiger partial charge in [0.05, 0.1) is 12.2 Å². The van der Waals surface area contributed by atoms with Gasteiger partial charge in [0, 0.05) is 17.9 Å². The van der Waals surface area contributed by atoms with Crippen molar-refractivity contribution in [3.63, 3.8) is 0 Å². The third kappa shape index (κ3) is 2.66. The Hall–Kier alpha value is -1.74. The van der Waals surface area contributed by atoms with Crippen LogP contribution in [0.3, 0.4) is 0 Å². The molecule has 0 spiro atoms. The van der Waals surface area contributed by atoms with E-state index in [1.807, 2.05) is 18.2 Å². The number of nitrogens with two attached hydrogens (primary N) is 1. The molecule has 2 aromatic rings. The Labute approximate surface area is 118 Å². The molecule has 0 fully saturated rings. The highest BCUT2D eigenvalue weighted by molar-refractivity contribution is 6.29. The molecular formula is C15H16ClN3. The summed E-state index contributed by atoms with van der Waals surface area (Å²) in [5, 5.41) is 0.548. The van der Waals surface area contributed by atoms with Crippen LogP contribution in [0.2, 0.25) is 5.15 Å². The number of aromatic nitrogens is 1. The number of benzene rings is 1. The lowest BCUT2D eigenvalue weighted by molar-refractivity contribution is 0.684. The Bertz CT molecular complexity index is 598. The van der Waals surface area contributed by atoms with Crippen LogP contribution in [0.1, 0.15) is 17.7 Å². The Balaban J connectivity index is 1.87. The molecule has 4 heteroatoms. The van der Waals surface area contributed by atoms with Crippen LogP contribution in [0.4, 0.5) is 11.4 Å². The maximum atomic E-state index is 5.94. The number of halogens is 1. The maximum absolute atomic E-state index is 5.94. The molecule has 0 atom stereocenters. The molecule has 0 amide bonds. The zero-order valence-electron chi connectivity index (χ0n) is 10.6. The van der Waals surface area contributed by atoms with Crippen molar-refractivity contribution in [2.45, 2.75) is 19.4 Å². The first kappa shape index (κ1) is 12.3. The van der Waals surface area contributed by atoms with E-state index in [0.717, 1.165) is 37.3 Å². The summed E-state index contributed by atoms with van der Waals surface area (Å²) >= 11 is 5.94. The van der Waals surface area contributed by atoms with Crippen molar-refractivity contribution in [2.24, 2.45) is 0 Å². The summed E-state index contributed by atoms with van der Waals surface area (Å²) < 4.78 is 0. The van der Waals surface area contributed by atoms with Crippen molar-refractivity contribution in [1.82, 2.24) is 4.98 Å². The van der Waals surface area contributed by atoms with Gasteiger partial charge in [0.2, 0.25) is 0 Å². The van der Waals surface area contributed by atoms with E-state index >= 15 is 0 Å². The van der Waals surface area contributed by atoms with Crippen LogP contribution in [0.15, 0.2) is 36.4 Å². The van der Waals surface area contributed by atoms with Crippen LogP contribution >= 0.6 is 11.6 Å². The Morgan fingerprint density at radius 2 is 2.16 bits per heavy atom. The minimum atomic E-state index is 0.548. The van der Waals surface area contributed by atoms with E-state index in [-0.39, 0.29) is 0 Å². The van der Waals surface area contributed by atoms with Gasteiger partial charge in [0.25, 0.3) is 0 Å². The van der Waals surface area contributed by atoms with E-state index in [4.69, 9.17) is 17.3 Å². The lowest BCUT2D eigenvalue weighted by atomic mass is 10.0. The average Bonchev–Trinajstić information content (AvgIpc) is 2.38. The van der Waals surface area contributed by atoms with Crippen LogP contribution in [-0.2, 0) is 13.0 Å². The molecule has 1 aliphatic rings. The number of fused-ring (bicyclic) bond motifs is 1. The summed E-state index contributed by atoms with van der Waals surface area (Å²) in [6.45, 7) is 1.84. The maximum Gasteiger partial charge on any atom is 0.129 e. The second kappa shape index (κ2) is 5.10. The summed E-state index contributed by atoms with van der Waals surface area (Å²) in [4.78, 5) is 6.70. The van der Waals surface area contributed by atoms with Gasteiger partial charge in [-0.15, -0.1) is 0 Å². The molecule has 3 nitrogen and oxygen atoms in total. The first-order valence-electron chi connectivity index (χ1n) is 6.47. The van der Waals surface area contributed by atoms with E-state index in [9.17, 15) is 0 Å². The Kier molecular flexibility index (Phi) is 3.30. The van der Waals surface area contributed by atoms with Gasteiger partial charge >= 0.3 is 0 Å². The molecule has 1 aliphatic heterocycles. The van der Waals surface area contributed by atoms with Crippen molar-refractivity contribution in [3.05, 3.63) is 52.8 Å². The van der Waals surface area contributed by atoms with Crippen molar-refractivity contribution in [2.75, 3.05) is 17.2 Å². The predicted molar refractivity (Wildman–Crippen MR) is 79.5 cm³/mol. The van der Waals surface area contributed by atoms with Gasteiger partial charge in [-0.2, -0.15) is 0 Å². The molecule has 0 aliphatic carbocycles. The fourth-order valence-corrected chi connectivity index (χ4v) is 2.77. The van der Waals surface area contributed by atoms with E-state index in [2.05, 4.69) is 22.0 Å². The number of nitrogens with zero attached hydrogens (tertiary/aromatic N) is 2. The summed E-state index contributed by atoms with van der Waals surface area (Å²) in [6, 6.07) is 11.9. The van der Waals surface area contributed by atoms with Crippen LogP contribution in [0.5, 0.6) is 0 Å². The highest BCUT2D eigenvalue weighted by Crippen LogP contribution is 2.29. The molecular weight excluding hydrogens is 258 g/mol. The number of anilines is 2. The zero-order valence-corrected chi connectivity index (χ0v) is 11.4. The second-order valence-corrected chi connectivity index (χ2v) is 5.25. The van der Waals surface area contributed by atoms with Gasteiger partial charge < -0.3 is 10.6 Å². The van der Waals surface area contributed by atoms with Crippen LogP contribution in [0.25, 0.3) is 0 Å². The van der Waals surface area contributed by atoms with E-state index in [1.54, 1.807) is 6.07 Å². The molecule has 3 rings (SSSR count). The smallest absolute Gasteiger partial charge is 0.129 e. The number of nitrogen functional groups attached to an aromatic ring is 1. The number of pyridine rings is 1. The molecule has 0 unspecified atom stereocenters. The molecule has 1 aromatic carbocycles. The van der Waals surface area contributed by atoms with Gasteiger partial charge in [-0.3, -0.25) is 0 Å². The minimum absolute atomic E-state index is 0.548. The number of aryl methyl sites for hydroxylation is 1. The fourth-order valence-electron chi connectivity index (χ4n) is 2.59. The van der Waals surface area contributed by atoms with Crippen LogP contribution in [-0.4, -0.2) is 11.5 Å². The number of rotatable bonds is 2. The molecule has 0 bridgehead atoms. The van der Waals surface area contributed by atoms with Crippen molar-refractivity contribution in [3.8, 4) is 0 Å². The van der Waals surface area contributed by atoms with Gasteiger partial charge in [0.15, 0.2) is 0 Å². The molecule has 2 N–H and O–H groups in total. The summed E-state index contributed by atoms with van der Waals surface area (Å²) in [5.41, 5.74) is 10.3. The second-order valence-electron chi connectivity index (χ2n) is 4.86. The predicted octanol–water partition coefficient (Wildman–Crippen LogP) is 3.27.